The highest BCUT2D eigenvalue weighted by Gasteiger charge is 2.30. The van der Waals surface area contributed by atoms with Crippen LogP contribution in [-0.2, 0) is 4.79 Å². The van der Waals surface area contributed by atoms with E-state index in [1.54, 1.807) is 0 Å². The van der Waals surface area contributed by atoms with Crippen molar-refractivity contribution < 1.29 is 4.79 Å². The smallest absolute Gasteiger partial charge is 0.223 e. The second-order valence-electron chi connectivity index (χ2n) is 7.49. The third-order valence-corrected chi connectivity index (χ3v) is 5.77. The number of rotatable bonds is 5. The van der Waals surface area contributed by atoms with Crippen LogP contribution in [0.5, 0.6) is 0 Å². The fourth-order valence-electron chi connectivity index (χ4n) is 4.27. The minimum atomic E-state index is 0.129. The molecule has 3 unspecified atom stereocenters. The number of carbonyl (C=O) groups is 1. The maximum absolute atomic E-state index is 12.5. The lowest BCUT2D eigenvalue weighted by atomic mass is 9.78. The van der Waals surface area contributed by atoms with Gasteiger partial charge >= 0.3 is 0 Å². The van der Waals surface area contributed by atoms with E-state index < -0.39 is 0 Å². The monoisotopic (exact) mass is 294 g/mol. The molecule has 0 radical (unpaired) electrons. The highest BCUT2D eigenvalue weighted by atomic mass is 16.1. The Hall–Kier alpha value is -0.570. The first-order valence-corrected chi connectivity index (χ1v) is 9.16. The second kappa shape index (κ2) is 8.17. The molecule has 3 heteroatoms. The Morgan fingerprint density at radius 1 is 1.19 bits per heavy atom. The molecule has 1 amide bonds. The van der Waals surface area contributed by atoms with Crippen LogP contribution in [0.25, 0.3) is 0 Å². The molecule has 2 rings (SSSR count). The molecule has 3 N–H and O–H groups in total. The Kier molecular flexibility index (Phi) is 6.53. The molecule has 0 aromatic heterocycles. The normalized spacial score (nSPS) is 35.2. The van der Waals surface area contributed by atoms with Gasteiger partial charge in [0, 0.05) is 18.0 Å². The molecule has 0 aromatic rings. The van der Waals surface area contributed by atoms with Gasteiger partial charge in [-0.2, -0.15) is 0 Å². The van der Waals surface area contributed by atoms with Crippen LogP contribution in [0.1, 0.15) is 78.1 Å². The first-order valence-electron chi connectivity index (χ1n) is 9.16. The number of hydrogen-bond donors (Lipinski definition) is 2. The van der Waals surface area contributed by atoms with Crippen molar-refractivity contribution in [3.63, 3.8) is 0 Å². The van der Waals surface area contributed by atoms with Gasteiger partial charge in [0.2, 0.25) is 5.91 Å². The number of carbonyl (C=O) groups excluding carboxylic acids is 1. The van der Waals surface area contributed by atoms with Gasteiger partial charge in [0.05, 0.1) is 0 Å². The van der Waals surface area contributed by atoms with Crippen molar-refractivity contribution in [2.75, 3.05) is 0 Å². The van der Waals surface area contributed by atoms with Gasteiger partial charge in [-0.3, -0.25) is 4.79 Å². The van der Waals surface area contributed by atoms with Crippen LogP contribution in [0, 0.1) is 17.8 Å². The zero-order chi connectivity index (χ0) is 15.2. The molecule has 0 bridgehead atoms. The van der Waals surface area contributed by atoms with Gasteiger partial charge in [-0.05, 0) is 56.8 Å². The van der Waals surface area contributed by atoms with Crippen LogP contribution in [-0.4, -0.2) is 18.0 Å². The van der Waals surface area contributed by atoms with Gasteiger partial charge in [-0.15, -0.1) is 0 Å². The van der Waals surface area contributed by atoms with Crippen LogP contribution >= 0.6 is 0 Å². The molecule has 122 valence electrons. The Balaban J connectivity index is 1.74. The number of amides is 1. The Morgan fingerprint density at radius 3 is 2.52 bits per heavy atom. The third kappa shape index (κ3) is 4.98. The molecule has 2 fully saturated rings. The van der Waals surface area contributed by atoms with Crippen molar-refractivity contribution in [2.24, 2.45) is 23.5 Å². The maximum Gasteiger partial charge on any atom is 0.223 e. The van der Waals surface area contributed by atoms with E-state index in [0.717, 1.165) is 18.8 Å². The molecule has 2 aliphatic carbocycles. The predicted molar refractivity (Wildman–Crippen MR) is 87.9 cm³/mol. The molecular weight excluding hydrogens is 260 g/mol. The zero-order valence-electron chi connectivity index (χ0n) is 13.9. The fourth-order valence-corrected chi connectivity index (χ4v) is 4.27. The van der Waals surface area contributed by atoms with E-state index in [0.29, 0.717) is 18.0 Å². The van der Waals surface area contributed by atoms with Gasteiger partial charge in [0.1, 0.15) is 0 Å². The number of nitrogens with two attached hydrogens (primary N) is 1. The topological polar surface area (TPSA) is 55.1 Å². The van der Waals surface area contributed by atoms with Crippen molar-refractivity contribution in [3.05, 3.63) is 0 Å². The molecule has 0 saturated heterocycles. The van der Waals surface area contributed by atoms with Gasteiger partial charge in [-0.1, -0.05) is 33.1 Å². The van der Waals surface area contributed by atoms with E-state index in [1.807, 2.05) is 0 Å². The molecular formula is C18H34N2O. The summed E-state index contributed by atoms with van der Waals surface area (Å²) in [5.74, 6) is 1.79. The second-order valence-corrected chi connectivity index (χ2v) is 7.49. The van der Waals surface area contributed by atoms with Crippen LogP contribution < -0.4 is 11.1 Å². The quantitative estimate of drug-likeness (QED) is 0.813. The van der Waals surface area contributed by atoms with Gasteiger partial charge < -0.3 is 11.1 Å². The van der Waals surface area contributed by atoms with E-state index in [2.05, 4.69) is 19.2 Å². The molecule has 2 saturated carbocycles. The van der Waals surface area contributed by atoms with Crippen molar-refractivity contribution in [1.82, 2.24) is 5.32 Å². The van der Waals surface area contributed by atoms with E-state index >= 15 is 0 Å². The average molecular weight is 294 g/mol. The van der Waals surface area contributed by atoms with Crippen LogP contribution in [0.2, 0.25) is 0 Å². The predicted octanol–water partition coefficient (Wildman–Crippen LogP) is 3.62. The highest BCUT2D eigenvalue weighted by Crippen LogP contribution is 2.31. The minimum absolute atomic E-state index is 0.129. The standard InChI is InChI=1S/C18H34N2O/c1-3-5-14-8-10-17(11-9-14)20-18(21)13(2)15-6-4-7-16(19)12-15/h13-17H,3-12,19H2,1-2H3,(H,20,21). The lowest BCUT2D eigenvalue weighted by molar-refractivity contribution is -0.127. The van der Waals surface area contributed by atoms with Crippen LogP contribution in [0.15, 0.2) is 0 Å². The number of nitrogens with one attached hydrogen (secondary N) is 1. The largest absolute Gasteiger partial charge is 0.353 e. The minimum Gasteiger partial charge on any atom is -0.353 e. The molecule has 0 aliphatic heterocycles. The lowest BCUT2D eigenvalue weighted by Gasteiger charge is -2.33. The Morgan fingerprint density at radius 2 is 1.90 bits per heavy atom. The van der Waals surface area contributed by atoms with E-state index in [-0.39, 0.29) is 11.8 Å². The summed E-state index contributed by atoms with van der Waals surface area (Å²) < 4.78 is 0. The molecule has 3 atom stereocenters. The summed E-state index contributed by atoms with van der Waals surface area (Å²) in [6.07, 6.45) is 12.1. The molecule has 0 aromatic carbocycles. The first kappa shape index (κ1) is 16.8. The summed E-state index contributed by atoms with van der Waals surface area (Å²) in [7, 11) is 0. The van der Waals surface area contributed by atoms with Gasteiger partial charge in [0.25, 0.3) is 0 Å². The Labute approximate surface area is 130 Å². The van der Waals surface area contributed by atoms with E-state index in [9.17, 15) is 4.79 Å². The van der Waals surface area contributed by atoms with Crippen molar-refractivity contribution >= 4 is 5.91 Å². The highest BCUT2D eigenvalue weighted by molar-refractivity contribution is 5.78. The molecule has 0 heterocycles. The summed E-state index contributed by atoms with van der Waals surface area (Å²) in [6.45, 7) is 4.37. The Bertz CT molecular complexity index is 323. The van der Waals surface area contributed by atoms with Gasteiger partial charge in [0.15, 0.2) is 0 Å². The summed E-state index contributed by atoms with van der Waals surface area (Å²) in [5.41, 5.74) is 6.06. The maximum atomic E-state index is 12.5. The summed E-state index contributed by atoms with van der Waals surface area (Å²) in [6, 6.07) is 0.730. The van der Waals surface area contributed by atoms with Crippen LogP contribution in [0.4, 0.5) is 0 Å². The van der Waals surface area contributed by atoms with Crippen molar-refractivity contribution in [2.45, 2.75) is 90.1 Å². The summed E-state index contributed by atoms with van der Waals surface area (Å²) in [5, 5.41) is 3.31. The van der Waals surface area contributed by atoms with Crippen molar-refractivity contribution in [3.8, 4) is 0 Å². The first-order chi connectivity index (χ1) is 10.1. The third-order valence-electron chi connectivity index (χ3n) is 5.77. The average Bonchev–Trinajstić information content (AvgIpc) is 2.48. The van der Waals surface area contributed by atoms with Crippen LogP contribution in [0.3, 0.4) is 0 Å². The van der Waals surface area contributed by atoms with E-state index in [4.69, 9.17) is 5.73 Å². The zero-order valence-corrected chi connectivity index (χ0v) is 13.9. The summed E-state index contributed by atoms with van der Waals surface area (Å²) >= 11 is 0. The lowest BCUT2D eigenvalue weighted by Crippen LogP contribution is -2.43. The fraction of sp³-hybridized carbons (Fsp3) is 0.944. The molecule has 3 nitrogen and oxygen atoms in total. The molecule has 2 aliphatic rings. The summed E-state index contributed by atoms with van der Waals surface area (Å²) in [4.78, 5) is 12.5. The SMILES string of the molecule is CCCC1CCC(NC(=O)C(C)C2CCCC(N)C2)CC1. The van der Waals surface area contributed by atoms with E-state index in [1.165, 1.54) is 51.4 Å². The molecule has 21 heavy (non-hydrogen) atoms. The van der Waals surface area contributed by atoms with Gasteiger partial charge in [-0.25, -0.2) is 0 Å². The number of hydrogen-bond acceptors (Lipinski definition) is 2. The van der Waals surface area contributed by atoms with Crippen molar-refractivity contribution in [1.29, 1.82) is 0 Å². The molecule has 0 spiro atoms.